The molecule has 0 N–H and O–H groups in total. The Morgan fingerprint density at radius 3 is 2.47 bits per heavy atom. The first-order valence-electron chi connectivity index (χ1n) is 9.53. The number of para-hydroxylation sites is 1. The Morgan fingerprint density at radius 2 is 1.67 bits per heavy atom. The lowest BCUT2D eigenvalue weighted by Crippen LogP contribution is -2.24. The number of hydrogen-bond donors (Lipinski definition) is 0. The first-order chi connectivity index (χ1) is 14.6. The van der Waals surface area contributed by atoms with Gasteiger partial charge in [-0.05, 0) is 54.0 Å². The van der Waals surface area contributed by atoms with Gasteiger partial charge in [-0.25, -0.2) is 0 Å². The Morgan fingerprint density at radius 1 is 0.967 bits per heavy atom. The van der Waals surface area contributed by atoms with Gasteiger partial charge in [-0.3, -0.25) is 13.8 Å². The van der Waals surface area contributed by atoms with Crippen molar-refractivity contribution < 1.29 is 0 Å². The van der Waals surface area contributed by atoms with E-state index in [1.54, 1.807) is 4.57 Å². The summed E-state index contributed by atoms with van der Waals surface area (Å²) in [6, 6.07) is 23.4. The van der Waals surface area contributed by atoms with E-state index in [2.05, 4.69) is 19.1 Å². The van der Waals surface area contributed by atoms with Gasteiger partial charge in [0.15, 0.2) is 3.95 Å². The lowest BCUT2D eigenvalue weighted by molar-refractivity contribution is 0.781. The summed E-state index contributed by atoms with van der Waals surface area (Å²) in [5.41, 5.74) is 4.70. The highest BCUT2D eigenvalue weighted by molar-refractivity contribution is 7.73. The third kappa shape index (κ3) is 3.01. The lowest BCUT2D eigenvalue weighted by Gasteiger charge is -2.14. The van der Waals surface area contributed by atoms with E-state index in [0.717, 1.165) is 32.7 Å². The van der Waals surface area contributed by atoms with Crippen LogP contribution in [0.3, 0.4) is 0 Å². The van der Waals surface area contributed by atoms with Crippen LogP contribution in [0.1, 0.15) is 11.1 Å². The number of hydrogen-bond acceptors (Lipinski definition) is 3. The van der Waals surface area contributed by atoms with Crippen LogP contribution < -0.4 is 5.56 Å². The van der Waals surface area contributed by atoms with Gasteiger partial charge in [0.1, 0.15) is 5.65 Å². The maximum atomic E-state index is 13.6. The molecule has 2 aromatic heterocycles. The second kappa shape index (κ2) is 7.51. The number of aromatic nitrogens is 2. The molecule has 0 atom stereocenters. The molecule has 0 saturated heterocycles. The third-order valence-corrected chi connectivity index (χ3v) is 7.10. The van der Waals surface area contributed by atoms with Crippen molar-refractivity contribution in [1.29, 1.82) is 0 Å². The van der Waals surface area contributed by atoms with Crippen molar-refractivity contribution in [3.63, 3.8) is 0 Å². The van der Waals surface area contributed by atoms with Crippen molar-refractivity contribution >= 4 is 51.7 Å². The number of fused-ring (bicyclic) bond motifs is 3. The topological polar surface area (TPSA) is 26.4 Å². The van der Waals surface area contributed by atoms with Crippen LogP contribution in [-0.2, 0) is 6.54 Å². The fourth-order valence-electron chi connectivity index (χ4n) is 3.86. The van der Waals surface area contributed by atoms with Crippen molar-refractivity contribution in [2.24, 2.45) is 0 Å². The molecule has 2 heterocycles. The fourth-order valence-corrected chi connectivity index (χ4v) is 5.57. The molecule has 3 aromatic carbocycles. The number of benzene rings is 3. The molecule has 5 rings (SSSR count). The summed E-state index contributed by atoms with van der Waals surface area (Å²) in [6.07, 6.45) is 0. The average Bonchev–Trinajstić information content (AvgIpc) is 3.09. The van der Waals surface area contributed by atoms with E-state index in [4.69, 9.17) is 23.8 Å². The largest absolute Gasteiger partial charge is 0.288 e. The van der Waals surface area contributed by atoms with E-state index in [-0.39, 0.29) is 5.56 Å². The molecule has 0 unspecified atom stereocenters. The second-order valence-corrected chi connectivity index (χ2v) is 9.22. The lowest BCUT2D eigenvalue weighted by atomic mass is 10.1. The van der Waals surface area contributed by atoms with E-state index >= 15 is 0 Å². The smallest absolute Gasteiger partial charge is 0.261 e. The zero-order chi connectivity index (χ0) is 20.8. The number of halogens is 1. The molecule has 3 nitrogen and oxygen atoms in total. The first kappa shape index (κ1) is 19.2. The Bertz CT molecular complexity index is 1540. The quantitative estimate of drug-likeness (QED) is 0.286. The molecule has 148 valence electrons. The molecule has 6 heteroatoms. The van der Waals surface area contributed by atoms with Gasteiger partial charge >= 0.3 is 0 Å². The predicted molar refractivity (Wildman–Crippen MR) is 129 cm³/mol. The van der Waals surface area contributed by atoms with Gasteiger partial charge in [0.2, 0.25) is 0 Å². The average molecular weight is 449 g/mol. The van der Waals surface area contributed by atoms with Gasteiger partial charge in [-0.15, -0.1) is 11.3 Å². The Labute approximate surface area is 187 Å². The van der Waals surface area contributed by atoms with Crippen LogP contribution in [0.4, 0.5) is 0 Å². The molecule has 5 aromatic rings. The summed E-state index contributed by atoms with van der Waals surface area (Å²) >= 11 is 13.8. The molecular formula is C24H17ClN2OS2. The highest BCUT2D eigenvalue weighted by atomic mass is 35.5. The summed E-state index contributed by atoms with van der Waals surface area (Å²) in [5, 5.41) is 1.28. The number of thiazole rings is 1. The van der Waals surface area contributed by atoms with E-state index in [1.165, 1.54) is 11.3 Å². The summed E-state index contributed by atoms with van der Waals surface area (Å²) < 4.78 is 4.54. The Hall–Kier alpha value is -2.73. The van der Waals surface area contributed by atoms with Crippen LogP contribution in [0.5, 0.6) is 0 Å². The van der Waals surface area contributed by atoms with Crippen molar-refractivity contribution in [3.8, 4) is 10.4 Å². The van der Waals surface area contributed by atoms with E-state index < -0.39 is 0 Å². The predicted octanol–water partition coefficient (Wildman–Crippen LogP) is 6.72. The minimum atomic E-state index is -0.0480. The SMILES string of the molecule is Cc1ccccc1-c1sc(=S)n2c3ccccc3c(=O)n(Cc3ccccc3Cl)c12. The molecule has 0 aliphatic carbocycles. The van der Waals surface area contributed by atoms with Gasteiger partial charge in [-0.2, -0.15) is 0 Å². The molecular weight excluding hydrogens is 432 g/mol. The molecule has 0 aliphatic heterocycles. The molecule has 0 fully saturated rings. The Kier molecular flexibility index (Phi) is 4.82. The highest BCUT2D eigenvalue weighted by Crippen LogP contribution is 2.35. The summed E-state index contributed by atoms with van der Waals surface area (Å²) in [7, 11) is 0. The van der Waals surface area contributed by atoms with Crippen LogP contribution in [-0.4, -0.2) is 8.97 Å². The van der Waals surface area contributed by atoms with E-state index in [0.29, 0.717) is 20.9 Å². The third-order valence-electron chi connectivity index (χ3n) is 5.34. The van der Waals surface area contributed by atoms with Gasteiger partial charge in [0.05, 0.1) is 22.3 Å². The second-order valence-electron chi connectivity index (χ2n) is 7.17. The van der Waals surface area contributed by atoms with Crippen molar-refractivity contribution in [2.45, 2.75) is 13.5 Å². The Balaban J connectivity index is 1.95. The van der Waals surface area contributed by atoms with Gasteiger partial charge in [-0.1, -0.05) is 66.2 Å². The van der Waals surface area contributed by atoms with Gasteiger partial charge < -0.3 is 0 Å². The molecule has 0 bridgehead atoms. The van der Waals surface area contributed by atoms with Gasteiger partial charge in [0.25, 0.3) is 5.56 Å². The number of aryl methyl sites for hydroxylation is 1. The summed E-state index contributed by atoms with van der Waals surface area (Å²) in [5.74, 6) is 0. The molecule has 0 spiro atoms. The van der Waals surface area contributed by atoms with Crippen LogP contribution in [0.2, 0.25) is 5.02 Å². The number of rotatable bonds is 3. The van der Waals surface area contributed by atoms with Crippen LogP contribution in [0.15, 0.2) is 77.6 Å². The maximum Gasteiger partial charge on any atom is 0.261 e. The normalized spacial score (nSPS) is 11.4. The molecule has 0 aliphatic rings. The molecule has 0 saturated carbocycles. The van der Waals surface area contributed by atoms with Crippen LogP contribution >= 0.6 is 35.2 Å². The van der Waals surface area contributed by atoms with E-state index in [9.17, 15) is 4.79 Å². The van der Waals surface area contributed by atoms with E-state index in [1.807, 2.05) is 65.1 Å². The minimum Gasteiger partial charge on any atom is -0.288 e. The van der Waals surface area contributed by atoms with Crippen molar-refractivity contribution in [3.05, 3.63) is 103 Å². The standard InChI is InChI=1S/C24H17ClN2OS2/c1-15-8-2-4-10-17(15)21-22-26(14-16-9-3-6-12-19(16)25)23(28)18-11-5-7-13-20(18)27(22)24(29)30-21/h2-13H,14H2,1H3. The maximum absolute atomic E-state index is 13.6. The minimum absolute atomic E-state index is 0.0480. The monoisotopic (exact) mass is 448 g/mol. The van der Waals surface area contributed by atoms with Gasteiger partial charge in [0, 0.05) is 5.02 Å². The zero-order valence-electron chi connectivity index (χ0n) is 16.1. The fraction of sp³-hybridized carbons (Fsp3) is 0.0833. The highest BCUT2D eigenvalue weighted by Gasteiger charge is 2.19. The zero-order valence-corrected chi connectivity index (χ0v) is 18.5. The molecule has 0 amide bonds. The molecule has 0 radical (unpaired) electrons. The summed E-state index contributed by atoms with van der Waals surface area (Å²) in [6.45, 7) is 2.45. The van der Waals surface area contributed by atoms with Crippen molar-refractivity contribution in [2.75, 3.05) is 0 Å². The van der Waals surface area contributed by atoms with Crippen LogP contribution in [0, 0.1) is 10.9 Å². The number of nitrogens with zero attached hydrogens (tertiary/aromatic N) is 2. The van der Waals surface area contributed by atoms with Crippen LogP contribution in [0.25, 0.3) is 27.0 Å². The first-order valence-corrected chi connectivity index (χ1v) is 11.1. The summed E-state index contributed by atoms with van der Waals surface area (Å²) in [4.78, 5) is 14.6. The molecule has 30 heavy (non-hydrogen) atoms. The van der Waals surface area contributed by atoms with Crippen molar-refractivity contribution in [1.82, 2.24) is 8.97 Å².